The fraction of sp³-hybridized carbons (Fsp3) is 0.722. The second-order valence-corrected chi connectivity index (χ2v) is 7.51. The van der Waals surface area contributed by atoms with E-state index in [-0.39, 0.29) is 5.92 Å². The molecule has 23 heavy (non-hydrogen) atoms. The molecule has 124 valence electrons. The molecule has 0 atom stereocenters. The van der Waals surface area contributed by atoms with E-state index in [0.717, 1.165) is 49.2 Å². The van der Waals surface area contributed by atoms with Crippen molar-refractivity contribution in [2.24, 2.45) is 11.8 Å². The van der Waals surface area contributed by atoms with Gasteiger partial charge in [-0.15, -0.1) is 0 Å². The monoisotopic (exact) mass is 314 g/mol. The average molecular weight is 314 g/mol. The van der Waals surface area contributed by atoms with Crippen LogP contribution in [0.5, 0.6) is 0 Å². The lowest BCUT2D eigenvalue weighted by atomic mass is 9.82. The standard InChI is InChI=1S/C18H26N4O/c1-12-4-6-14(7-5-12)18(23)22-10-15-16(11-22)19-13(2)20-17(15)21-8-3-9-21/h12,14H,3-11H2,1-2H3. The molecule has 0 aromatic carbocycles. The molecule has 5 heteroatoms. The highest BCUT2D eigenvalue weighted by atomic mass is 16.2. The molecular formula is C18H26N4O. The number of aryl methyl sites for hydroxylation is 1. The highest BCUT2D eigenvalue weighted by Crippen LogP contribution is 2.35. The van der Waals surface area contributed by atoms with Crippen molar-refractivity contribution in [3.63, 3.8) is 0 Å². The van der Waals surface area contributed by atoms with E-state index in [1.165, 1.54) is 24.8 Å². The zero-order chi connectivity index (χ0) is 16.0. The minimum atomic E-state index is 0.224. The van der Waals surface area contributed by atoms with Crippen LogP contribution in [0.1, 0.15) is 56.1 Å². The Balaban J connectivity index is 1.52. The summed E-state index contributed by atoms with van der Waals surface area (Å²) < 4.78 is 0. The van der Waals surface area contributed by atoms with Crippen LogP contribution in [0.3, 0.4) is 0 Å². The third-order valence-electron chi connectivity index (χ3n) is 5.70. The zero-order valence-corrected chi connectivity index (χ0v) is 14.2. The quantitative estimate of drug-likeness (QED) is 0.842. The predicted octanol–water partition coefficient (Wildman–Crippen LogP) is 2.66. The van der Waals surface area contributed by atoms with E-state index in [1.807, 2.05) is 11.8 Å². The SMILES string of the molecule is Cc1nc2c(c(N3CCC3)n1)CN(C(=O)C1CCC(C)CC1)C2. The minimum Gasteiger partial charge on any atom is -0.356 e. The summed E-state index contributed by atoms with van der Waals surface area (Å²) in [7, 11) is 0. The van der Waals surface area contributed by atoms with Gasteiger partial charge in [0.05, 0.1) is 18.8 Å². The summed E-state index contributed by atoms with van der Waals surface area (Å²) in [4.78, 5) is 26.5. The number of hydrogen-bond acceptors (Lipinski definition) is 4. The third kappa shape index (κ3) is 2.70. The van der Waals surface area contributed by atoms with E-state index < -0.39 is 0 Å². The molecule has 0 spiro atoms. The van der Waals surface area contributed by atoms with Crippen LogP contribution in [0.2, 0.25) is 0 Å². The van der Waals surface area contributed by atoms with Gasteiger partial charge in [-0.3, -0.25) is 4.79 Å². The Kier molecular flexibility index (Phi) is 3.74. The molecule has 3 aliphatic rings. The lowest BCUT2D eigenvalue weighted by Gasteiger charge is -2.33. The van der Waals surface area contributed by atoms with Gasteiger partial charge in [0.15, 0.2) is 0 Å². The lowest BCUT2D eigenvalue weighted by Crippen LogP contribution is -2.39. The molecule has 1 aromatic rings. The van der Waals surface area contributed by atoms with Crippen molar-refractivity contribution in [2.75, 3.05) is 18.0 Å². The Morgan fingerprint density at radius 3 is 2.48 bits per heavy atom. The Bertz CT molecular complexity index is 618. The van der Waals surface area contributed by atoms with E-state index in [0.29, 0.717) is 19.0 Å². The molecule has 1 saturated carbocycles. The van der Waals surface area contributed by atoms with Crippen LogP contribution in [-0.2, 0) is 17.9 Å². The van der Waals surface area contributed by atoms with Crippen molar-refractivity contribution < 1.29 is 4.79 Å². The van der Waals surface area contributed by atoms with E-state index in [1.54, 1.807) is 0 Å². The number of carbonyl (C=O) groups excluding carboxylic acids is 1. The molecule has 0 radical (unpaired) electrons. The molecule has 2 aliphatic heterocycles. The molecule has 2 fully saturated rings. The van der Waals surface area contributed by atoms with Crippen LogP contribution in [0.4, 0.5) is 5.82 Å². The molecular weight excluding hydrogens is 288 g/mol. The number of rotatable bonds is 2. The average Bonchev–Trinajstić information content (AvgIpc) is 2.89. The normalized spacial score (nSPS) is 26.9. The molecule has 3 heterocycles. The first-order chi connectivity index (χ1) is 11.1. The number of aromatic nitrogens is 2. The van der Waals surface area contributed by atoms with Gasteiger partial charge in [0.1, 0.15) is 11.6 Å². The maximum atomic E-state index is 12.9. The first-order valence-electron chi connectivity index (χ1n) is 9.02. The van der Waals surface area contributed by atoms with Crippen LogP contribution in [-0.4, -0.2) is 33.9 Å². The smallest absolute Gasteiger partial charge is 0.226 e. The maximum absolute atomic E-state index is 12.9. The first kappa shape index (κ1) is 14.9. The maximum Gasteiger partial charge on any atom is 0.226 e. The summed E-state index contributed by atoms with van der Waals surface area (Å²) in [5.74, 6) is 3.24. The van der Waals surface area contributed by atoms with Crippen molar-refractivity contribution >= 4 is 11.7 Å². The van der Waals surface area contributed by atoms with Crippen LogP contribution in [0, 0.1) is 18.8 Å². The highest BCUT2D eigenvalue weighted by molar-refractivity contribution is 5.80. The molecule has 1 saturated heterocycles. The summed E-state index contributed by atoms with van der Waals surface area (Å²) >= 11 is 0. The van der Waals surface area contributed by atoms with E-state index in [4.69, 9.17) is 0 Å². The molecule has 1 aliphatic carbocycles. The van der Waals surface area contributed by atoms with Crippen molar-refractivity contribution in [1.82, 2.24) is 14.9 Å². The van der Waals surface area contributed by atoms with Crippen molar-refractivity contribution in [3.8, 4) is 0 Å². The molecule has 0 N–H and O–H groups in total. The predicted molar refractivity (Wildman–Crippen MR) is 89.0 cm³/mol. The van der Waals surface area contributed by atoms with E-state index in [2.05, 4.69) is 21.8 Å². The number of hydrogen-bond donors (Lipinski definition) is 0. The van der Waals surface area contributed by atoms with Gasteiger partial charge >= 0.3 is 0 Å². The van der Waals surface area contributed by atoms with Gasteiger partial charge in [0.25, 0.3) is 0 Å². The van der Waals surface area contributed by atoms with Gasteiger partial charge in [0, 0.05) is 24.6 Å². The lowest BCUT2D eigenvalue weighted by molar-refractivity contribution is -0.137. The Morgan fingerprint density at radius 2 is 1.83 bits per heavy atom. The topological polar surface area (TPSA) is 49.3 Å². The Morgan fingerprint density at radius 1 is 1.09 bits per heavy atom. The molecule has 0 unspecified atom stereocenters. The molecule has 4 rings (SSSR count). The number of fused-ring (bicyclic) bond motifs is 1. The van der Waals surface area contributed by atoms with Crippen LogP contribution in [0.25, 0.3) is 0 Å². The minimum absolute atomic E-state index is 0.224. The van der Waals surface area contributed by atoms with Crippen LogP contribution in [0.15, 0.2) is 0 Å². The van der Waals surface area contributed by atoms with Gasteiger partial charge < -0.3 is 9.80 Å². The first-order valence-corrected chi connectivity index (χ1v) is 9.02. The summed E-state index contributed by atoms with van der Waals surface area (Å²) in [6.45, 7) is 7.78. The summed E-state index contributed by atoms with van der Waals surface area (Å²) in [5, 5.41) is 0. The summed E-state index contributed by atoms with van der Waals surface area (Å²) in [5.41, 5.74) is 2.25. The van der Waals surface area contributed by atoms with Gasteiger partial charge in [-0.25, -0.2) is 9.97 Å². The highest BCUT2D eigenvalue weighted by Gasteiger charge is 2.34. The molecule has 5 nitrogen and oxygen atoms in total. The second-order valence-electron chi connectivity index (χ2n) is 7.51. The Hall–Kier alpha value is -1.65. The van der Waals surface area contributed by atoms with Crippen LogP contribution >= 0.6 is 0 Å². The molecule has 1 aromatic heterocycles. The number of carbonyl (C=O) groups is 1. The fourth-order valence-electron chi connectivity index (χ4n) is 4.07. The second kappa shape index (κ2) is 5.77. The number of anilines is 1. The molecule has 0 bridgehead atoms. The van der Waals surface area contributed by atoms with Gasteiger partial charge in [0.2, 0.25) is 5.91 Å². The zero-order valence-electron chi connectivity index (χ0n) is 14.2. The van der Waals surface area contributed by atoms with Gasteiger partial charge in [-0.05, 0) is 44.9 Å². The van der Waals surface area contributed by atoms with E-state index in [9.17, 15) is 4.79 Å². The van der Waals surface area contributed by atoms with Crippen molar-refractivity contribution in [2.45, 2.75) is 59.0 Å². The third-order valence-corrected chi connectivity index (χ3v) is 5.70. The van der Waals surface area contributed by atoms with Crippen molar-refractivity contribution in [1.29, 1.82) is 0 Å². The van der Waals surface area contributed by atoms with E-state index >= 15 is 0 Å². The van der Waals surface area contributed by atoms with Crippen LogP contribution < -0.4 is 4.90 Å². The fourth-order valence-corrected chi connectivity index (χ4v) is 4.07. The molecule has 1 amide bonds. The van der Waals surface area contributed by atoms with Crippen molar-refractivity contribution in [3.05, 3.63) is 17.1 Å². The number of amides is 1. The number of nitrogens with zero attached hydrogens (tertiary/aromatic N) is 4. The van der Waals surface area contributed by atoms with Gasteiger partial charge in [-0.2, -0.15) is 0 Å². The van der Waals surface area contributed by atoms with Gasteiger partial charge in [-0.1, -0.05) is 6.92 Å². The summed E-state index contributed by atoms with van der Waals surface area (Å²) in [6, 6.07) is 0. The summed E-state index contributed by atoms with van der Waals surface area (Å²) in [6.07, 6.45) is 5.72. The Labute approximate surface area is 138 Å². The largest absolute Gasteiger partial charge is 0.356 e.